The number of hydrogen-bond donors (Lipinski definition) is 1. The van der Waals surface area contributed by atoms with Gasteiger partial charge < -0.3 is 5.41 Å². The maximum atomic E-state index is 12.1. The van der Waals surface area contributed by atoms with Gasteiger partial charge in [0.05, 0.1) is 5.71 Å². The zero-order chi connectivity index (χ0) is 14.4. The van der Waals surface area contributed by atoms with Crippen LogP contribution in [0, 0.1) is 5.41 Å². The minimum Gasteiger partial charge on any atom is -0.301 e. The number of aryl methyl sites for hydroxylation is 1. The van der Waals surface area contributed by atoms with Crippen LogP contribution in [0.15, 0.2) is 54.6 Å². The van der Waals surface area contributed by atoms with Gasteiger partial charge in [-0.15, -0.1) is 0 Å². The third kappa shape index (κ3) is 3.64. The highest BCUT2D eigenvalue weighted by atomic mass is 16.1. The molecule has 0 saturated carbocycles. The number of carbonyl (C=O) groups is 1. The van der Waals surface area contributed by atoms with Crippen molar-refractivity contribution < 1.29 is 4.79 Å². The van der Waals surface area contributed by atoms with Crippen molar-refractivity contribution in [2.24, 2.45) is 0 Å². The minimum atomic E-state index is -0.188. The van der Waals surface area contributed by atoms with Gasteiger partial charge in [0.2, 0.25) is 5.78 Å². The Bertz CT molecular complexity index is 602. The molecule has 0 saturated heterocycles. The Morgan fingerprint density at radius 2 is 1.70 bits per heavy atom. The van der Waals surface area contributed by atoms with Crippen molar-refractivity contribution in [3.63, 3.8) is 0 Å². The summed E-state index contributed by atoms with van der Waals surface area (Å²) in [6, 6.07) is 17.2. The average Bonchev–Trinajstić information content (AvgIpc) is 2.48. The monoisotopic (exact) mass is 265 g/mol. The van der Waals surface area contributed by atoms with Crippen LogP contribution in [0.25, 0.3) is 0 Å². The summed E-state index contributed by atoms with van der Waals surface area (Å²) in [7, 11) is 0. The minimum absolute atomic E-state index is 0.143. The lowest BCUT2D eigenvalue weighted by Gasteiger charge is -2.06. The SMILES string of the molecule is CCCc1cccc(CC(=N)C(=O)c2ccccc2)c1. The van der Waals surface area contributed by atoms with Crippen molar-refractivity contribution in [1.29, 1.82) is 5.41 Å². The van der Waals surface area contributed by atoms with E-state index in [2.05, 4.69) is 19.1 Å². The smallest absolute Gasteiger partial charge is 0.206 e. The van der Waals surface area contributed by atoms with Crippen LogP contribution < -0.4 is 0 Å². The molecule has 0 aliphatic heterocycles. The summed E-state index contributed by atoms with van der Waals surface area (Å²) in [5.41, 5.74) is 3.03. The third-order valence-electron chi connectivity index (χ3n) is 3.22. The summed E-state index contributed by atoms with van der Waals surface area (Å²) in [6.45, 7) is 2.15. The molecule has 2 nitrogen and oxygen atoms in total. The lowest BCUT2D eigenvalue weighted by Crippen LogP contribution is -2.15. The molecule has 2 rings (SSSR count). The van der Waals surface area contributed by atoms with Crippen LogP contribution in [0.5, 0.6) is 0 Å². The van der Waals surface area contributed by atoms with Gasteiger partial charge in [0.25, 0.3) is 0 Å². The van der Waals surface area contributed by atoms with Gasteiger partial charge in [0, 0.05) is 12.0 Å². The highest BCUT2D eigenvalue weighted by Crippen LogP contribution is 2.10. The van der Waals surface area contributed by atoms with E-state index in [0.717, 1.165) is 18.4 Å². The number of benzene rings is 2. The zero-order valence-corrected chi connectivity index (χ0v) is 11.7. The van der Waals surface area contributed by atoms with E-state index >= 15 is 0 Å². The molecule has 0 unspecified atom stereocenters. The van der Waals surface area contributed by atoms with E-state index in [1.807, 2.05) is 30.3 Å². The van der Waals surface area contributed by atoms with Crippen LogP contribution in [0.1, 0.15) is 34.8 Å². The second-order valence-corrected chi connectivity index (χ2v) is 4.92. The van der Waals surface area contributed by atoms with Crippen LogP contribution >= 0.6 is 0 Å². The predicted octanol–water partition coefficient (Wildman–Crippen LogP) is 4.08. The summed E-state index contributed by atoms with van der Waals surface area (Å²) in [4.78, 5) is 12.1. The molecule has 1 N–H and O–H groups in total. The molecule has 2 aromatic carbocycles. The Balaban J connectivity index is 2.08. The van der Waals surface area contributed by atoms with Gasteiger partial charge in [-0.05, 0) is 17.5 Å². The number of rotatable bonds is 6. The van der Waals surface area contributed by atoms with E-state index in [-0.39, 0.29) is 11.5 Å². The van der Waals surface area contributed by atoms with Crippen LogP contribution in [0.3, 0.4) is 0 Å². The normalized spacial score (nSPS) is 10.2. The molecule has 0 bridgehead atoms. The van der Waals surface area contributed by atoms with Crippen molar-refractivity contribution in [1.82, 2.24) is 0 Å². The van der Waals surface area contributed by atoms with Crippen molar-refractivity contribution in [2.75, 3.05) is 0 Å². The number of Topliss-reactive ketones (excluding diaryl/α,β-unsaturated/α-hetero) is 1. The van der Waals surface area contributed by atoms with Gasteiger partial charge in [-0.2, -0.15) is 0 Å². The van der Waals surface area contributed by atoms with Gasteiger partial charge in [-0.3, -0.25) is 4.79 Å². The van der Waals surface area contributed by atoms with Crippen LogP contribution in [0.2, 0.25) is 0 Å². The molecule has 0 amide bonds. The summed E-state index contributed by atoms with van der Waals surface area (Å²) >= 11 is 0. The molecule has 0 atom stereocenters. The van der Waals surface area contributed by atoms with Gasteiger partial charge in [0.15, 0.2) is 0 Å². The largest absolute Gasteiger partial charge is 0.301 e. The van der Waals surface area contributed by atoms with E-state index < -0.39 is 0 Å². The lowest BCUT2D eigenvalue weighted by molar-refractivity contribution is 0.106. The van der Waals surface area contributed by atoms with Crippen LogP contribution in [-0.2, 0) is 12.8 Å². The molecule has 0 aromatic heterocycles. The number of hydrogen-bond acceptors (Lipinski definition) is 2. The van der Waals surface area contributed by atoms with E-state index in [1.54, 1.807) is 12.1 Å². The van der Waals surface area contributed by atoms with Crippen molar-refractivity contribution >= 4 is 11.5 Å². The average molecular weight is 265 g/mol. The Labute approximate surface area is 120 Å². The van der Waals surface area contributed by atoms with Gasteiger partial charge in [-0.1, -0.05) is 67.9 Å². The summed E-state index contributed by atoms with van der Waals surface area (Å²) < 4.78 is 0. The first-order valence-electron chi connectivity index (χ1n) is 6.95. The topological polar surface area (TPSA) is 40.9 Å². The Hall–Kier alpha value is -2.22. The predicted molar refractivity (Wildman–Crippen MR) is 82.6 cm³/mol. The molecule has 2 aromatic rings. The van der Waals surface area contributed by atoms with E-state index in [1.165, 1.54) is 5.56 Å². The molecule has 0 spiro atoms. The fraction of sp³-hybridized carbons (Fsp3) is 0.222. The molecule has 20 heavy (non-hydrogen) atoms. The van der Waals surface area contributed by atoms with Crippen LogP contribution in [-0.4, -0.2) is 11.5 Å². The van der Waals surface area contributed by atoms with E-state index in [4.69, 9.17) is 5.41 Å². The fourth-order valence-electron chi connectivity index (χ4n) is 2.23. The standard InChI is InChI=1S/C18H19NO/c1-2-7-14-8-6-9-15(12-14)13-17(19)18(20)16-10-4-3-5-11-16/h3-6,8-12,19H,2,7,13H2,1H3. The van der Waals surface area contributed by atoms with Gasteiger partial charge >= 0.3 is 0 Å². The quantitative estimate of drug-likeness (QED) is 0.620. The third-order valence-corrected chi connectivity index (χ3v) is 3.22. The Kier molecular flexibility index (Phi) is 4.83. The second kappa shape index (κ2) is 6.80. The molecular weight excluding hydrogens is 246 g/mol. The summed E-state index contributed by atoms with van der Waals surface area (Å²) in [5.74, 6) is -0.188. The maximum absolute atomic E-state index is 12.1. The molecule has 0 aliphatic rings. The maximum Gasteiger partial charge on any atom is 0.206 e. The summed E-state index contributed by atoms with van der Waals surface area (Å²) in [5, 5.41) is 7.99. The molecule has 0 fully saturated rings. The number of carbonyl (C=O) groups excluding carboxylic acids is 1. The number of nitrogens with one attached hydrogen (secondary N) is 1. The van der Waals surface area contributed by atoms with Crippen molar-refractivity contribution in [2.45, 2.75) is 26.2 Å². The van der Waals surface area contributed by atoms with E-state index in [9.17, 15) is 4.79 Å². The highest BCUT2D eigenvalue weighted by Gasteiger charge is 2.12. The van der Waals surface area contributed by atoms with Gasteiger partial charge in [-0.25, -0.2) is 0 Å². The lowest BCUT2D eigenvalue weighted by atomic mass is 9.99. The van der Waals surface area contributed by atoms with Crippen LogP contribution in [0.4, 0.5) is 0 Å². The fourth-order valence-corrected chi connectivity index (χ4v) is 2.23. The van der Waals surface area contributed by atoms with Crippen molar-refractivity contribution in [3.05, 3.63) is 71.3 Å². The molecule has 0 radical (unpaired) electrons. The molecule has 0 aliphatic carbocycles. The summed E-state index contributed by atoms with van der Waals surface area (Å²) in [6.07, 6.45) is 2.53. The molecule has 0 heterocycles. The number of ketones is 1. The van der Waals surface area contributed by atoms with Crippen molar-refractivity contribution in [3.8, 4) is 0 Å². The molecule has 102 valence electrons. The first kappa shape index (κ1) is 14.2. The Morgan fingerprint density at radius 1 is 1.00 bits per heavy atom. The first-order chi connectivity index (χ1) is 9.70. The zero-order valence-electron chi connectivity index (χ0n) is 11.7. The van der Waals surface area contributed by atoms with E-state index in [0.29, 0.717) is 12.0 Å². The molecule has 2 heteroatoms. The first-order valence-corrected chi connectivity index (χ1v) is 6.95. The van der Waals surface area contributed by atoms with Gasteiger partial charge in [0.1, 0.15) is 0 Å². The Morgan fingerprint density at radius 3 is 2.40 bits per heavy atom. The second-order valence-electron chi connectivity index (χ2n) is 4.92. The highest BCUT2D eigenvalue weighted by molar-refractivity contribution is 6.45. The molecular formula is C18H19NO.